The van der Waals surface area contributed by atoms with E-state index in [1.54, 1.807) is 0 Å². The van der Waals surface area contributed by atoms with Crippen LogP contribution in [-0.4, -0.2) is 36.3 Å². The first-order chi connectivity index (χ1) is 13.2. The zero-order chi connectivity index (χ0) is 18.6. The molecule has 2 aliphatic rings. The number of para-hydroxylation sites is 1. The second-order valence-electron chi connectivity index (χ2n) is 7.55. The molecule has 1 fully saturated rings. The molecule has 0 bridgehead atoms. The topological polar surface area (TPSA) is 40.6 Å². The van der Waals surface area contributed by atoms with Gasteiger partial charge in [0.25, 0.3) is 0 Å². The number of anilines is 1. The predicted molar refractivity (Wildman–Crippen MR) is 107 cm³/mol. The molecule has 2 aromatic carbocycles. The van der Waals surface area contributed by atoms with Crippen molar-refractivity contribution in [3.8, 4) is 0 Å². The Balaban J connectivity index is 1.36. The van der Waals surface area contributed by atoms with Crippen LogP contribution in [0.5, 0.6) is 0 Å². The standard InChI is InChI=1S/C23H26N2O2/c26-22-16-20(17-24(22)14-6-10-18-8-2-1-3-9-18)23(27)25-15-7-12-19-11-4-5-13-21(19)25/h1-5,8-9,11,13,20H,6-7,10,12,14-17H2. The fourth-order valence-electron chi connectivity index (χ4n) is 4.26. The van der Waals surface area contributed by atoms with E-state index in [9.17, 15) is 9.59 Å². The molecule has 1 unspecified atom stereocenters. The summed E-state index contributed by atoms with van der Waals surface area (Å²) in [4.78, 5) is 29.3. The van der Waals surface area contributed by atoms with Gasteiger partial charge >= 0.3 is 0 Å². The molecule has 2 aromatic rings. The lowest BCUT2D eigenvalue weighted by Gasteiger charge is -2.31. The van der Waals surface area contributed by atoms with Crippen molar-refractivity contribution in [2.45, 2.75) is 32.1 Å². The molecule has 4 rings (SSSR count). The monoisotopic (exact) mass is 362 g/mol. The number of carbonyl (C=O) groups excluding carboxylic acids is 2. The Morgan fingerprint density at radius 2 is 1.81 bits per heavy atom. The average Bonchev–Trinajstić information content (AvgIpc) is 3.08. The number of fused-ring (bicyclic) bond motifs is 1. The average molecular weight is 362 g/mol. The van der Waals surface area contributed by atoms with E-state index < -0.39 is 0 Å². The van der Waals surface area contributed by atoms with Gasteiger partial charge < -0.3 is 9.80 Å². The lowest BCUT2D eigenvalue weighted by molar-refractivity contribution is -0.128. The van der Waals surface area contributed by atoms with Crippen LogP contribution in [0.1, 0.15) is 30.4 Å². The molecule has 2 heterocycles. The summed E-state index contributed by atoms with van der Waals surface area (Å²) in [6, 6.07) is 18.5. The molecule has 2 amide bonds. The van der Waals surface area contributed by atoms with E-state index in [0.29, 0.717) is 13.0 Å². The summed E-state index contributed by atoms with van der Waals surface area (Å²) < 4.78 is 0. The van der Waals surface area contributed by atoms with Gasteiger partial charge in [0.15, 0.2) is 0 Å². The van der Waals surface area contributed by atoms with Gasteiger partial charge in [-0.3, -0.25) is 9.59 Å². The number of aryl methyl sites for hydroxylation is 2. The van der Waals surface area contributed by atoms with Crippen LogP contribution in [0.4, 0.5) is 5.69 Å². The van der Waals surface area contributed by atoms with Crippen LogP contribution in [0.2, 0.25) is 0 Å². The van der Waals surface area contributed by atoms with Gasteiger partial charge in [-0.2, -0.15) is 0 Å². The highest BCUT2D eigenvalue weighted by molar-refractivity contribution is 5.99. The first kappa shape index (κ1) is 17.8. The van der Waals surface area contributed by atoms with E-state index in [0.717, 1.165) is 44.5 Å². The highest BCUT2D eigenvalue weighted by atomic mass is 16.2. The van der Waals surface area contributed by atoms with Gasteiger partial charge in [-0.05, 0) is 42.9 Å². The maximum Gasteiger partial charge on any atom is 0.232 e. The Morgan fingerprint density at radius 3 is 2.67 bits per heavy atom. The van der Waals surface area contributed by atoms with Gasteiger partial charge in [0.2, 0.25) is 11.8 Å². The molecule has 27 heavy (non-hydrogen) atoms. The SMILES string of the molecule is O=C1CC(C(=O)N2CCCc3ccccc32)CN1CCCc1ccccc1. The molecule has 0 saturated carbocycles. The molecule has 0 N–H and O–H groups in total. The van der Waals surface area contributed by atoms with Crippen LogP contribution in [-0.2, 0) is 22.4 Å². The van der Waals surface area contributed by atoms with Crippen molar-refractivity contribution < 1.29 is 9.59 Å². The molecule has 140 valence electrons. The van der Waals surface area contributed by atoms with Crippen LogP contribution < -0.4 is 4.90 Å². The van der Waals surface area contributed by atoms with E-state index in [4.69, 9.17) is 0 Å². The number of amides is 2. The first-order valence-corrected chi connectivity index (χ1v) is 9.93. The molecule has 0 aromatic heterocycles. The Bertz CT molecular complexity index is 818. The second kappa shape index (κ2) is 7.95. The molecule has 0 radical (unpaired) electrons. The van der Waals surface area contributed by atoms with Gasteiger partial charge in [-0.25, -0.2) is 0 Å². The number of likely N-dealkylation sites (tertiary alicyclic amines) is 1. The molecule has 0 spiro atoms. The summed E-state index contributed by atoms with van der Waals surface area (Å²) in [6.07, 6.45) is 4.26. The molecular weight excluding hydrogens is 336 g/mol. The number of hydrogen-bond acceptors (Lipinski definition) is 2. The van der Waals surface area contributed by atoms with Crippen LogP contribution in [0.3, 0.4) is 0 Å². The van der Waals surface area contributed by atoms with Crippen molar-refractivity contribution >= 4 is 17.5 Å². The summed E-state index contributed by atoms with van der Waals surface area (Å²) in [6.45, 7) is 2.05. The van der Waals surface area contributed by atoms with E-state index in [-0.39, 0.29) is 17.7 Å². The quantitative estimate of drug-likeness (QED) is 0.817. The Hall–Kier alpha value is -2.62. The van der Waals surface area contributed by atoms with E-state index in [2.05, 4.69) is 18.2 Å². The van der Waals surface area contributed by atoms with Crippen LogP contribution >= 0.6 is 0 Å². The largest absolute Gasteiger partial charge is 0.342 e. The minimum absolute atomic E-state index is 0.112. The fraction of sp³-hybridized carbons (Fsp3) is 0.391. The number of benzene rings is 2. The fourth-order valence-corrected chi connectivity index (χ4v) is 4.26. The minimum atomic E-state index is -0.208. The van der Waals surface area contributed by atoms with Crippen molar-refractivity contribution in [3.63, 3.8) is 0 Å². The second-order valence-corrected chi connectivity index (χ2v) is 7.55. The van der Waals surface area contributed by atoms with Gasteiger partial charge in [0.05, 0.1) is 5.92 Å². The smallest absolute Gasteiger partial charge is 0.232 e. The molecular formula is C23H26N2O2. The molecule has 1 atom stereocenters. The Labute approximate surface area is 160 Å². The third-order valence-electron chi connectivity index (χ3n) is 5.68. The summed E-state index contributed by atoms with van der Waals surface area (Å²) >= 11 is 0. The number of rotatable bonds is 5. The number of carbonyl (C=O) groups is 2. The summed E-state index contributed by atoms with van der Waals surface area (Å²) in [7, 11) is 0. The van der Waals surface area contributed by atoms with Gasteiger partial charge in [-0.1, -0.05) is 48.5 Å². The van der Waals surface area contributed by atoms with E-state index >= 15 is 0 Å². The van der Waals surface area contributed by atoms with Crippen molar-refractivity contribution in [1.29, 1.82) is 0 Å². The maximum absolute atomic E-state index is 13.1. The van der Waals surface area contributed by atoms with Gasteiger partial charge in [-0.15, -0.1) is 0 Å². The first-order valence-electron chi connectivity index (χ1n) is 9.93. The van der Waals surface area contributed by atoms with Gasteiger partial charge in [0, 0.05) is 31.7 Å². The van der Waals surface area contributed by atoms with Crippen molar-refractivity contribution in [1.82, 2.24) is 4.90 Å². The predicted octanol–water partition coefficient (Wildman–Crippen LogP) is 3.45. The van der Waals surface area contributed by atoms with Crippen molar-refractivity contribution in [3.05, 3.63) is 65.7 Å². The zero-order valence-corrected chi connectivity index (χ0v) is 15.6. The van der Waals surface area contributed by atoms with E-state index in [1.807, 2.05) is 46.2 Å². The highest BCUT2D eigenvalue weighted by Crippen LogP contribution is 2.30. The Kier molecular flexibility index (Phi) is 5.23. The summed E-state index contributed by atoms with van der Waals surface area (Å²) in [5.41, 5.74) is 3.56. The zero-order valence-electron chi connectivity index (χ0n) is 15.6. The minimum Gasteiger partial charge on any atom is -0.342 e. The summed E-state index contributed by atoms with van der Waals surface area (Å²) in [5.74, 6) is 0.0214. The third-order valence-corrected chi connectivity index (χ3v) is 5.68. The highest BCUT2D eigenvalue weighted by Gasteiger charge is 2.37. The molecule has 0 aliphatic carbocycles. The molecule has 1 saturated heterocycles. The third kappa shape index (κ3) is 3.90. The van der Waals surface area contributed by atoms with Crippen LogP contribution in [0, 0.1) is 5.92 Å². The maximum atomic E-state index is 13.1. The number of hydrogen-bond donors (Lipinski definition) is 0. The van der Waals surface area contributed by atoms with Gasteiger partial charge in [0.1, 0.15) is 0 Å². The normalized spacial score (nSPS) is 19.3. The Morgan fingerprint density at radius 1 is 1.04 bits per heavy atom. The van der Waals surface area contributed by atoms with E-state index in [1.165, 1.54) is 11.1 Å². The van der Waals surface area contributed by atoms with Crippen LogP contribution in [0.15, 0.2) is 54.6 Å². The summed E-state index contributed by atoms with van der Waals surface area (Å²) in [5, 5.41) is 0. The van der Waals surface area contributed by atoms with Crippen molar-refractivity contribution in [2.75, 3.05) is 24.5 Å². The lowest BCUT2D eigenvalue weighted by atomic mass is 9.99. The lowest BCUT2D eigenvalue weighted by Crippen LogP contribution is -2.40. The molecule has 4 heteroatoms. The number of nitrogens with zero attached hydrogens (tertiary/aromatic N) is 2. The van der Waals surface area contributed by atoms with Crippen molar-refractivity contribution in [2.24, 2.45) is 5.92 Å². The molecule has 2 aliphatic heterocycles. The van der Waals surface area contributed by atoms with Crippen LogP contribution in [0.25, 0.3) is 0 Å². The molecule has 4 nitrogen and oxygen atoms in total.